The Kier molecular flexibility index (Phi) is 14.4. The number of halogens is 8. The lowest BCUT2D eigenvalue weighted by Crippen LogP contribution is -2.32. The molecule has 1 aliphatic rings. The lowest BCUT2D eigenvalue weighted by Gasteiger charge is -2.26. The van der Waals surface area contributed by atoms with Crippen molar-refractivity contribution in [2.45, 2.75) is 43.9 Å². The van der Waals surface area contributed by atoms with Crippen molar-refractivity contribution >= 4 is 79.4 Å². The van der Waals surface area contributed by atoms with Crippen LogP contribution < -0.4 is 4.90 Å². The van der Waals surface area contributed by atoms with Crippen LogP contribution in [0.1, 0.15) is 49.4 Å². The van der Waals surface area contributed by atoms with Crippen LogP contribution in [-0.4, -0.2) is 22.2 Å². The number of nitrogens with zero attached hydrogens (tertiary/aromatic N) is 1. The van der Waals surface area contributed by atoms with Crippen molar-refractivity contribution in [3.63, 3.8) is 0 Å². The third kappa shape index (κ3) is 9.70. The first-order chi connectivity index (χ1) is 17.9. The van der Waals surface area contributed by atoms with Crippen molar-refractivity contribution in [3.05, 3.63) is 77.0 Å². The van der Waals surface area contributed by atoms with E-state index in [0.717, 1.165) is 41.4 Å². The average Bonchev–Trinajstić information content (AvgIpc) is 2.84. The molecule has 39 heavy (non-hydrogen) atoms. The highest BCUT2D eigenvalue weighted by Crippen LogP contribution is 2.34. The van der Waals surface area contributed by atoms with Gasteiger partial charge >= 0.3 is 0 Å². The number of benzene rings is 2. The number of carbonyl (C=O) groups is 4. The lowest BCUT2D eigenvalue weighted by atomic mass is 9.97. The Labute approximate surface area is 247 Å². The standard InChI is InChI=1S/C19H12BrF4NO2.C7H10Cl2O2.ClH/c20-17(12-6-5-11(21)8-15(12)24)19(27)10-4-7-16(26)25(9-10)18-13(22)2-1-3-14(18)23;1-2-5(7(9)11)3-4-6(8)10;/h1-3,5-6,8-9,17H,4,7H2;5H,2-4H2,1H3;1H. The minimum absolute atomic E-state index is 0. The van der Waals surface area contributed by atoms with Gasteiger partial charge in [0.25, 0.3) is 0 Å². The molecular formula is C26H23BrCl3F4NO4. The van der Waals surface area contributed by atoms with E-state index in [0.29, 0.717) is 18.9 Å². The summed E-state index contributed by atoms with van der Waals surface area (Å²) in [5, 5.41) is -0.799. The van der Waals surface area contributed by atoms with Gasteiger partial charge in [-0.25, -0.2) is 17.6 Å². The van der Waals surface area contributed by atoms with Gasteiger partial charge in [0, 0.05) is 42.2 Å². The van der Waals surface area contributed by atoms with Gasteiger partial charge in [-0.15, -0.1) is 12.4 Å². The number of ketones is 1. The first-order valence-corrected chi connectivity index (χ1v) is 13.0. The fourth-order valence-corrected chi connectivity index (χ4v) is 4.56. The fraction of sp³-hybridized carbons (Fsp3) is 0.308. The molecule has 2 aromatic rings. The number of anilines is 1. The van der Waals surface area contributed by atoms with Gasteiger partial charge in [0.2, 0.25) is 16.4 Å². The molecule has 0 saturated heterocycles. The number of rotatable bonds is 9. The molecule has 0 saturated carbocycles. The first-order valence-electron chi connectivity index (χ1n) is 11.3. The Balaban J connectivity index is 0.000000541. The summed E-state index contributed by atoms with van der Waals surface area (Å²) in [6, 6.07) is 5.94. The highest BCUT2D eigenvalue weighted by Gasteiger charge is 2.31. The third-order valence-corrected chi connectivity index (χ3v) is 7.03. The van der Waals surface area contributed by atoms with Gasteiger partial charge in [-0.05, 0) is 60.7 Å². The summed E-state index contributed by atoms with van der Waals surface area (Å²) in [7, 11) is 0. The fourth-order valence-electron chi connectivity index (χ4n) is 3.53. The van der Waals surface area contributed by atoms with Gasteiger partial charge in [-0.1, -0.05) is 35.0 Å². The number of alkyl halides is 1. The Hall–Kier alpha value is -2.27. The summed E-state index contributed by atoms with van der Waals surface area (Å²) < 4.78 is 55.0. The summed E-state index contributed by atoms with van der Waals surface area (Å²) in [5.74, 6) is -4.98. The maximum atomic E-state index is 14.0. The van der Waals surface area contributed by atoms with Crippen molar-refractivity contribution in [2.75, 3.05) is 4.90 Å². The van der Waals surface area contributed by atoms with Crippen LogP contribution in [0.5, 0.6) is 0 Å². The zero-order valence-corrected chi connectivity index (χ0v) is 24.3. The van der Waals surface area contributed by atoms with Crippen LogP contribution in [-0.2, 0) is 19.2 Å². The van der Waals surface area contributed by atoms with Gasteiger partial charge < -0.3 is 0 Å². The normalized spacial score (nSPS) is 14.3. The van der Waals surface area contributed by atoms with Gasteiger partial charge in [0.05, 0.1) is 0 Å². The highest BCUT2D eigenvalue weighted by atomic mass is 79.9. The van der Waals surface area contributed by atoms with Crippen molar-refractivity contribution in [1.29, 1.82) is 0 Å². The SMILES string of the molecule is CCC(CCC(=O)Cl)C(=O)Cl.Cl.O=C(C1=CN(c2c(F)cccc2F)C(=O)CC1)C(Br)c1ccc(F)cc1F. The molecule has 2 atom stereocenters. The molecule has 212 valence electrons. The predicted molar refractivity (Wildman–Crippen MR) is 146 cm³/mol. The van der Waals surface area contributed by atoms with Crippen LogP contribution in [0, 0.1) is 29.2 Å². The zero-order valence-electron chi connectivity index (χ0n) is 20.4. The quantitative estimate of drug-likeness (QED) is 0.155. The van der Waals surface area contributed by atoms with Crippen molar-refractivity contribution in [1.82, 2.24) is 0 Å². The Morgan fingerprint density at radius 3 is 2.13 bits per heavy atom. The molecule has 1 aliphatic heterocycles. The highest BCUT2D eigenvalue weighted by molar-refractivity contribution is 9.09. The number of carbonyl (C=O) groups excluding carboxylic acids is 4. The summed E-state index contributed by atoms with van der Waals surface area (Å²) in [5.41, 5.74) is -0.572. The summed E-state index contributed by atoms with van der Waals surface area (Å²) in [6.45, 7) is 1.85. The first kappa shape index (κ1) is 34.8. The molecule has 0 bridgehead atoms. The van der Waals surface area contributed by atoms with E-state index in [-0.39, 0.29) is 54.0 Å². The molecule has 0 radical (unpaired) electrons. The van der Waals surface area contributed by atoms with E-state index in [1.165, 1.54) is 0 Å². The van der Waals surface area contributed by atoms with Crippen LogP contribution in [0.2, 0.25) is 0 Å². The number of hydrogen-bond acceptors (Lipinski definition) is 4. The maximum absolute atomic E-state index is 14.0. The van der Waals surface area contributed by atoms with E-state index in [1.54, 1.807) is 0 Å². The van der Waals surface area contributed by atoms with Crippen LogP contribution in [0.25, 0.3) is 0 Å². The van der Waals surface area contributed by atoms with E-state index in [9.17, 15) is 36.7 Å². The number of para-hydroxylation sites is 1. The lowest BCUT2D eigenvalue weighted by molar-refractivity contribution is -0.119. The second kappa shape index (κ2) is 16.1. The molecule has 0 fully saturated rings. The second-order valence-corrected chi connectivity index (χ2v) is 9.89. The molecule has 0 N–H and O–H groups in total. The largest absolute Gasteiger partial charge is 0.293 e. The Bertz CT molecular complexity index is 1240. The van der Waals surface area contributed by atoms with Crippen molar-refractivity contribution < 1.29 is 36.7 Å². The molecule has 0 aromatic heterocycles. The molecule has 2 aromatic carbocycles. The van der Waals surface area contributed by atoms with Crippen molar-refractivity contribution in [3.8, 4) is 0 Å². The molecule has 5 nitrogen and oxygen atoms in total. The van der Waals surface area contributed by atoms with Crippen LogP contribution in [0.15, 0.2) is 48.2 Å². The minimum Gasteiger partial charge on any atom is -0.293 e. The van der Waals surface area contributed by atoms with Crippen LogP contribution in [0.4, 0.5) is 23.2 Å². The van der Waals surface area contributed by atoms with Gasteiger partial charge in [0.1, 0.15) is 33.8 Å². The van der Waals surface area contributed by atoms with Gasteiger partial charge in [0.15, 0.2) is 5.78 Å². The summed E-state index contributed by atoms with van der Waals surface area (Å²) in [4.78, 5) is 45.3. The van der Waals surface area contributed by atoms with Gasteiger partial charge in [-0.3, -0.25) is 24.1 Å². The van der Waals surface area contributed by atoms with Crippen LogP contribution >= 0.6 is 51.5 Å². The molecule has 3 rings (SSSR count). The number of allylic oxidation sites excluding steroid dienone is 1. The molecule has 13 heteroatoms. The Morgan fingerprint density at radius 2 is 1.62 bits per heavy atom. The summed E-state index contributed by atoms with van der Waals surface area (Å²) in [6.07, 6.45) is 2.30. The molecule has 1 amide bonds. The second-order valence-electron chi connectivity index (χ2n) is 8.18. The van der Waals surface area contributed by atoms with E-state index in [1.807, 2.05) is 6.92 Å². The smallest absolute Gasteiger partial charge is 0.231 e. The summed E-state index contributed by atoms with van der Waals surface area (Å²) >= 11 is 13.4. The minimum atomic E-state index is -1.13. The predicted octanol–water partition coefficient (Wildman–Crippen LogP) is 7.70. The van der Waals surface area contributed by atoms with Crippen LogP contribution in [0.3, 0.4) is 0 Å². The molecule has 0 aliphatic carbocycles. The molecule has 1 heterocycles. The number of Topliss-reactive ketones (excluding diaryl/α,β-unsaturated/α-hetero) is 1. The third-order valence-electron chi connectivity index (χ3n) is 5.63. The van der Waals surface area contributed by atoms with Gasteiger partial charge in [-0.2, -0.15) is 0 Å². The molecular weight excluding hydrogens is 653 g/mol. The topological polar surface area (TPSA) is 71.5 Å². The Morgan fingerprint density at radius 1 is 1.00 bits per heavy atom. The monoisotopic (exact) mass is 673 g/mol. The molecule has 0 spiro atoms. The number of amides is 1. The zero-order chi connectivity index (χ0) is 28.6. The average molecular weight is 676 g/mol. The van der Waals surface area contributed by atoms with E-state index in [4.69, 9.17) is 23.2 Å². The van der Waals surface area contributed by atoms with E-state index in [2.05, 4.69) is 15.9 Å². The number of hydrogen-bond donors (Lipinski definition) is 0. The molecule has 2 unspecified atom stereocenters. The van der Waals surface area contributed by atoms with E-state index >= 15 is 0 Å². The van der Waals surface area contributed by atoms with Crippen molar-refractivity contribution in [2.24, 2.45) is 5.92 Å². The van der Waals surface area contributed by atoms with E-state index < -0.39 is 50.7 Å². The maximum Gasteiger partial charge on any atom is 0.231 e.